The summed E-state index contributed by atoms with van der Waals surface area (Å²) in [4.78, 5) is 11.5. The van der Waals surface area contributed by atoms with Gasteiger partial charge in [0.2, 0.25) is 0 Å². The normalized spacial score (nSPS) is 11.5. The summed E-state index contributed by atoms with van der Waals surface area (Å²) in [5.41, 5.74) is 5.83. The second kappa shape index (κ2) is 8.23. The lowest BCUT2D eigenvalue weighted by atomic mass is 10.1. The van der Waals surface area contributed by atoms with Crippen LogP contribution in [0.1, 0.15) is 16.7 Å². The van der Waals surface area contributed by atoms with Crippen LogP contribution in [0.4, 0.5) is 23.7 Å². The van der Waals surface area contributed by atoms with Crippen LogP contribution in [0.3, 0.4) is 0 Å². The van der Waals surface area contributed by atoms with E-state index in [2.05, 4.69) is 5.32 Å². The molecule has 7 heteroatoms. The Morgan fingerprint density at radius 2 is 1.88 bits per heavy atom. The SMILES string of the molecule is Nc1cc(C=CCNC(=O)OCc2ccccc2)cc(C(F)(F)F)c1. The second-order valence-corrected chi connectivity index (χ2v) is 5.23. The molecule has 3 N–H and O–H groups in total. The number of nitrogens with two attached hydrogens (primary N) is 1. The van der Waals surface area contributed by atoms with Crippen molar-refractivity contribution in [2.75, 3.05) is 12.3 Å². The zero-order valence-corrected chi connectivity index (χ0v) is 13.2. The molecule has 0 aliphatic rings. The Morgan fingerprint density at radius 3 is 2.56 bits per heavy atom. The lowest BCUT2D eigenvalue weighted by Crippen LogP contribution is -2.24. The zero-order chi connectivity index (χ0) is 18.3. The lowest BCUT2D eigenvalue weighted by Gasteiger charge is -2.08. The first-order valence-corrected chi connectivity index (χ1v) is 7.43. The van der Waals surface area contributed by atoms with Gasteiger partial charge in [-0.1, -0.05) is 42.5 Å². The van der Waals surface area contributed by atoms with Crippen LogP contribution >= 0.6 is 0 Å². The lowest BCUT2D eigenvalue weighted by molar-refractivity contribution is -0.137. The Morgan fingerprint density at radius 1 is 1.16 bits per heavy atom. The maximum Gasteiger partial charge on any atom is 0.416 e. The molecule has 2 aromatic rings. The van der Waals surface area contributed by atoms with Crippen LogP contribution in [0.2, 0.25) is 0 Å². The van der Waals surface area contributed by atoms with E-state index in [1.807, 2.05) is 30.3 Å². The van der Waals surface area contributed by atoms with Crippen LogP contribution in [0.25, 0.3) is 6.08 Å². The molecule has 1 amide bonds. The second-order valence-electron chi connectivity index (χ2n) is 5.23. The van der Waals surface area contributed by atoms with E-state index in [1.54, 1.807) is 0 Å². The predicted molar refractivity (Wildman–Crippen MR) is 89.5 cm³/mol. The minimum Gasteiger partial charge on any atom is -0.445 e. The molecular weight excluding hydrogens is 333 g/mol. The van der Waals surface area contributed by atoms with Gasteiger partial charge < -0.3 is 15.8 Å². The van der Waals surface area contributed by atoms with Gasteiger partial charge in [0.25, 0.3) is 0 Å². The summed E-state index contributed by atoms with van der Waals surface area (Å²) in [5, 5.41) is 2.48. The van der Waals surface area contributed by atoms with Crippen molar-refractivity contribution in [3.63, 3.8) is 0 Å². The number of alkyl halides is 3. The number of rotatable bonds is 5. The molecule has 0 aromatic heterocycles. The van der Waals surface area contributed by atoms with Crippen molar-refractivity contribution in [1.82, 2.24) is 5.32 Å². The van der Waals surface area contributed by atoms with Gasteiger partial charge in [0, 0.05) is 12.2 Å². The van der Waals surface area contributed by atoms with Gasteiger partial charge in [-0.3, -0.25) is 0 Å². The number of nitrogens with one attached hydrogen (secondary N) is 1. The molecule has 132 valence electrons. The van der Waals surface area contributed by atoms with Crippen molar-refractivity contribution in [2.45, 2.75) is 12.8 Å². The van der Waals surface area contributed by atoms with Gasteiger partial charge in [-0.2, -0.15) is 13.2 Å². The summed E-state index contributed by atoms with van der Waals surface area (Å²) < 4.78 is 43.2. The van der Waals surface area contributed by atoms with Crippen molar-refractivity contribution in [1.29, 1.82) is 0 Å². The Bertz CT molecular complexity index is 744. The van der Waals surface area contributed by atoms with Crippen molar-refractivity contribution >= 4 is 17.9 Å². The van der Waals surface area contributed by atoms with Gasteiger partial charge in [0.05, 0.1) is 5.56 Å². The molecule has 0 saturated carbocycles. The Hall–Kier alpha value is -2.96. The van der Waals surface area contributed by atoms with Crippen molar-refractivity contribution in [3.05, 3.63) is 71.3 Å². The summed E-state index contributed by atoms with van der Waals surface area (Å²) >= 11 is 0. The van der Waals surface area contributed by atoms with Crippen molar-refractivity contribution in [3.8, 4) is 0 Å². The Balaban J connectivity index is 1.83. The fourth-order valence-electron chi connectivity index (χ4n) is 2.05. The largest absolute Gasteiger partial charge is 0.445 e. The number of amides is 1. The average Bonchev–Trinajstić information content (AvgIpc) is 2.56. The predicted octanol–water partition coefficient (Wildman–Crippen LogP) is 4.23. The maximum absolute atomic E-state index is 12.7. The first-order valence-electron chi connectivity index (χ1n) is 7.43. The van der Waals surface area contributed by atoms with Gasteiger partial charge in [-0.25, -0.2) is 4.79 Å². The van der Waals surface area contributed by atoms with Gasteiger partial charge in [-0.15, -0.1) is 0 Å². The highest BCUT2D eigenvalue weighted by atomic mass is 19.4. The smallest absolute Gasteiger partial charge is 0.416 e. The summed E-state index contributed by atoms with van der Waals surface area (Å²) in [6.45, 7) is 0.254. The molecule has 2 rings (SSSR count). The molecule has 4 nitrogen and oxygen atoms in total. The molecule has 0 radical (unpaired) electrons. The molecule has 25 heavy (non-hydrogen) atoms. The molecule has 0 aliphatic carbocycles. The van der Waals surface area contributed by atoms with Crippen LogP contribution in [-0.4, -0.2) is 12.6 Å². The third kappa shape index (κ3) is 6.21. The molecular formula is C18H17F3N2O2. The van der Waals surface area contributed by atoms with Crippen LogP contribution in [0.15, 0.2) is 54.6 Å². The highest BCUT2D eigenvalue weighted by Gasteiger charge is 2.30. The first kappa shape index (κ1) is 18.4. The number of halogens is 3. The van der Waals surface area contributed by atoms with Gasteiger partial charge >= 0.3 is 12.3 Å². The minimum absolute atomic E-state index is 0.0182. The van der Waals surface area contributed by atoms with E-state index in [-0.39, 0.29) is 18.8 Å². The van der Waals surface area contributed by atoms with E-state index in [1.165, 1.54) is 18.2 Å². The molecule has 0 spiro atoms. The summed E-state index contributed by atoms with van der Waals surface area (Å²) in [6.07, 6.45) is -2.11. The number of hydrogen-bond acceptors (Lipinski definition) is 3. The highest BCUT2D eigenvalue weighted by Crippen LogP contribution is 2.31. The fraction of sp³-hybridized carbons (Fsp3) is 0.167. The van der Waals surface area contributed by atoms with Crippen LogP contribution in [-0.2, 0) is 17.5 Å². The molecule has 0 atom stereocenters. The Labute approximate surface area is 143 Å². The van der Waals surface area contributed by atoms with E-state index in [9.17, 15) is 18.0 Å². The van der Waals surface area contributed by atoms with E-state index < -0.39 is 17.8 Å². The molecule has 0 bridgehead atoms. The standard InChI is InChI=1S/C18H17F3N2O2/c19-18(20,21)15-9-14(10-16(22)11-15)7-4-8-23-17(24)25-12-13-5-2-1-3-6-13/h1-7,9-11H,8,12,22H2,(H,23,24). The molecule has 0 fully saturated rings. The number of carbonyl (C=O) groups is 1. The van der Waals surface area contributed by atoms with Gasteiger partial charge in [0.1, 0.15) is 6.61 Å². The molecule has 2 aromatic carbocycles. The molecule has 0 saturated heterocycles. The number of ether oxygens (including phenoxy) is 1. The average molecular weight is 350 g/mol. The van der Waals surface area contributed by atoms with Crippen LogP contribution in [0.5, 0.6) is 0 Å². The number of nitrogen functional groups attached to an aromatic ring is 1. The number of benzene rings is 2. The van der Waals surface area contributed by atoms with Crippen molar-refractivity contribution in [2.24, 2.45) is 0 Å². The monoisotopic (exact) mass is 350 g/mol. The molecule has 0 aliphatic heterocycles. The highest BCUT2D eigenvalue weighted by molar-refractivity contribution is 5.67. The first-order chi connectivity index (χ1) is 11.8. The van der Waals surface area contributed by atoms with E-state index in [0.717, 1.165) is 17.7 Å². The summed E-state index contributed by atoms with van der Waals surface area (Å²) in [6, 6.07) is 12.4. The van der Waals surface area contributed by atoms with Crippen LogP contribution in [0, 0.1) is 0 Å². The maximum atomic E-state index is 12.7. The van der Waals surface area contributed by atoms with E-state index in [0.29, 0.717) is 5.56 Å². The van der Waals surface area contributed by atoms with E-state index in [4.69, 9.17) is 10.5 Å². The number of carbonyl (C=O) groups excluding carboxylic acids is 1. The zero-order valence-electron chi connectivity index (χ0n) is 13.2. The van der Waals surface area contributed by atoms with Gasteiger partial charge in [-0.05, 0) is 29.3 Å². The van der Waals surface area contributed by atoms with Gasteiger partial charge in [0.15, 0.2) is 0 Å². The van der Waals surface area contributed by atoms with E-state index >= 15 is 0 Å². The third-order valence-electron chi connectivity index (χ3n) is 3.19. The minimum atomic E-state index is -4.46. The number of hydrogen-bond donors (Lipinski definition) is 2. The van der Waals surface area contributed by atoms with Crippen molar-refractivity contribution < 1.29 is 22.7 Å². The third-order valence-corrected chi connectivity index (χ3v) is 3.19. The Kier molecular flexibility index (Phi) is 6.05. The summed E-state index contributed by atoms with van der Waals surface area (Å²) in [7, 11) is 0. The topological polar surface area (TPSA) is 64.3 Å². The fourth-order valence-corrected chi connectivity index (χ4v) is 2.05. The summed E-state index contributed by atoms with van der Waals surface area (Å²) in [5.74, 6) is 0. The number of alkyl carbamates (subject to hydrolysis) is 1. The van der Waals surface area contributed by atoms with Crippen LogP contribution < -0.4 is 11.1 Å². The number of anilines is 1. The molecule has 0 unspecified atom stereocenters. The quantitative estimate of drug-likeness (QED) is 0.793. The molecule has 0 heterocycles.